The Labute approximate surface area is 140 Å². The van der Waals surface area contributed by atoms with Crippen LogP contribution in [0.4, 0.5) is 5.95 Å². The molecule has 0 spiro atoms. The van der Waals surface area contributed by atoms with Gasteiger partial charge in [-0.15, -0.1) is 11.7 Å². The highest BCUT2D eigenvalue weighted by Crippen LogP contribution is 2.24. The van der Waals surface area contributed by atoms with Gasteiger partial charge in [0.2, 0.25) is 0 Å². The van der Waals surface area contributed by atoms with E-state index in [1.54, 1.807) is 18.2 Å². The maximum Gasteiger partial charge on any atom is 0.293 e. The molecular formula is C15H12BrN5O2. The Morgan fingerprint density at radius 3 is 2.83 bits per heavy atom. The van der Waals surface area contributed by atoms with Crippen molar-refractivity contribution in [1.29, 1.82) is 0 Å². The number of aromatic nitrogens is 4. The van der Waals surface area contributed by atoms with Crippen LogP contribution in [0.1, 0.15) is 10.6 Å². The summed E-state index contributed by atoms with van der Waals surface area (Å²) in [5.41, 5.74) is 0.877. The number of hydrogen-bond donors (Lipinski definition) is 1. The van der Waals surface area contributed by atoms with Crippen LogP contribution in [0.3, 0.4) is 0 Å². The number of nitrogens with zero attached hydrogens (tertiary/aromatic N) is 4. The lowest BCUT2D eigenvalue weighted by atomic mass is 10.2. The van der Waals surface area contributed by atoms with E-state index in [-0.39, 0.29) is 11.7 Å². The molecule has 0 saturated carbocycles. The van der Waals surface area contributed by atoms with Crippen molar-refractivity contribution in [3.63, 3.8) is 0 Å². The van der Waals surface area contributed by atoms with Gasteiger partial charge in [-0.1, -0.05) is 39.2 Å². The van der Waals surface area contributed by atoms with Crippen molar-refractivity contribution >= 4 is 27.8 Å². The molecule has 0 aliphatic carbocycles. The number of carbonyl (C=O) groups excluding carboxylic acids is 1. The molecule has 1 aromatic carbocycles. The Hall–Kier alpha value is -2.74. The van der Waals surface area contributed by atoms with Gasteiger partial charge in [-0.2, -0.15) is 4.80 Å². The standard InChI is InChI=1S/C15H12BrN5O2/c1-2-9-21-19-15(18-20-21)17-14(22)13-8-7-12(23-13)10-3-5-11(16)6-4-10/h2-8H,1,9H2,(H,17,19,22). The number of allylic oxidation sites excluding steroid dienone is 1. The summed E-state index contributed by atoms with van der Waals surface area (Å²) >= 11 is 3.37. The van der Waals surface area contributed by atoms with E-state index in [2.05, 4.69) is 43.2 Å². The predicted octanol–water partition coefficient (Wildman–Crippen LogP) is 3.13. The fourth-order valence-electron chi connectivity index (χ4n) is 1.88. The molecule has 2 heterocycles. The predicted molar refractivity (Wildman–Crippen MR) is 87.8 cm³/mol. The number of amides is 1. The first kappa shape index (κ1) is 15.2. The molecular weight excluding hydrogens is 362 g/mol. The van der Waals surface area contributed by atoms with Crippen LogP contribution >= 0.6 is 15.9 Å². The first-order valence-electron chi connectivity index (χ1n) is 6.71. The minimum absolute atomic E-state index is 0.110. The monoisotopic (exact) mass is 373 g/mol. The number of hydrogen-bond acceptors (Lipinski definition) is 5. The zero-order chi connectivity index (χ0) is 16.2. The highest BCUT2D eigenvalue weighted by Gasteiger charge is 2.14. The topological polar surface area (TPSA) is 85.8 Å². The Morgan fingerprint density at radius 2 is 2.09 bits per heavy atom. The summed E-state index contributed by atoms with van der Waals surface area (Å²) in [5, 5.41) is 14.0. The van der Waals surface area contributed by atoms with Crippen LogP contribution in [0, 0.1) is 0 Å². The van der Waals surface area contributed by atoms with E-state index in [4.69, 9.17) is 4.42 Å². The minimum atomic E-state index is -0.438. The molecule has 23 heavy (non-hydrogen) atoms. The third-order valence-corrected chi connectivity index (χ3v) is 3.46. The summed E-state index contributed by atoms with van der Waals surface area (Å²) in [5.74, 6) is 0.443. The van der Waals surface area contributed by atoms with Gasteiger partial charge in [0.05, 0.1) is 6.54 Å². The lowest BCUT2D eigenvalue weighted by Crippen LogP contribution is -2.12. The molecule has 1 N–H and O–H groups in total. The summed E-state index contributed by atoms with van der Waals surface area (Å²) in [4.78, 5) is 13.4. The fraction of sp³-hybridized carbons (Fsp3) is 0.0667. The van der Waals surface area contributed by atoms with E-state index >= 15 is 0 Å². The largest absolute Gasteiger partial charge is 0.451 e. The molecule has 3 rings (SSSR count). The number of furan rings is 1. The van der Waals surface area contributed by atoms with E-state index in [0.29, 0.717) is 12.3 Å². The quantitative estimate of drug-likeness (QED) is 0.694. The second-order valence-electron chi connectivity index (χ2n) is 4.58. The zero-order valence-corrected chi connectivity index (χ0v) is 13.5. The Morgan fingerprint density at radius 1 is 1.30 bits per heavy atom. The lowest BCUT2D eigenvalue weighted by molar-refractivity contribution is 0.0996. The number of carbonyl (C=O) groups is 1. The van der Waals surface area contributed by atoms with E-state index in [9.17, 15) is 4.79 Å². The molecule has 0 bridgehead atoms. The highest BCUT2D eigenvalue weighted by atomic mass is 79.9. The van der Waals surface area contributed by atoms with Crippen LogP contribution < -0.4 is 5.32 Å². The molecule has 0 atom stereocenters. The smallest absolute Gasteiger partial charge is 0.293 e. The van der Waals surface area contributed by atoms with Crippen molar-refractivity contribution in [2.45, 2.75) is 6.54 Å². The SMILES string of the molecule is C=CCn1nnc(NC(=O)c2ccc(-c3ccc(Br)cc3)o2)n1. The molecule has 0 unspecified atom stereocenters. The van der Waals surface area contributed by atoms with Crippen molar-refractivity contribution in [3.05, 3.63) is 59.3 Å². The number of halogens is 1. The summed E-state index contributed by atoms with van der Waals surface area (Å²) in [7, 11) is 0. The average Bonchev–Trinajstić information content (AvgIpc) is 3.18. The lowest BCUT2D eigenvalue weighted by Gasteiger charge is -1.98. The van der Waals surface area contributed by atoms with E-state index in [1.165, 1.54) is 4.80 Å². The molecule has 0 aliphatic rings. The molecule has 3 aromatic rings. The Bertz CT molecular complexity index is 838. The molecule has 2 aromatic heterocycles. The summed E-state index contributed by atoms with van der Waals surface area (Å²) in [6.07, 6.45) is 1.63. The maximum absolute atomic E-state index is 12.1. The van der Waals surface area contributed by atoms with Gasteiger partial charge in [-0.3, -0.25) is 10.1 Å². The molecule has 8 heteroatoms. The normalized spacial score (nSPS) is 10.5. The summed E-state index contributed by atoms with van der Waals surface area (Å²) in [6, 6.07) is 10.9. The van der Waals surface area contributed by atoms with Crippen molar-refractivity contribution in [3.8, 4) is 11.3 Å². The van der Waals surface area contributed by atoms with Gasteiger partial charge in [0.25, 0.3) is 11.9 Å². The van der Waals surface area contributed by atoms with Crippen molar-refractivity contribution in [2.75, 3.05) is 5.32 Å². The van der Waals surface area contributed by atoms with Gasteiger partial charge in [0, 0.05) is 10.0 Å². The average molecular weight is 374 g/mol. The van der Waals surface area contributed by atoms with Gasteiger partial charge < -0.3 is 4.42 Å². The van der Waals surface area contributed by atoms with E-state index < -0.39 is 5.91 Å². The van der Waals surface area contributed by atoms with Gasteiger partial charge >= 0.3 is 0 Å². The van der Waals surface area contributed by atoms with Gasteiger partial charge in [-0.25, -0.2) is 0 Å². The van der Waals surface area contributed by atoms with Gasteiger partial charge in [-0.05, 0) is 29.5 Å². The minimum Gasteiger partial charge on any atom is -0.451 e. The maximum atomic E-state index is 12.1. The molecule has 0 radical (unpaired) electrons. The van der Waals surface area contributed by atoms with Crippen molar-refractivity contribution < 1.29 is 9.21 Å². The Balaban J connectivity index is 1.72. The van der Waals surface area contributed by atoms with Crippen LogP contribution in [0.5, 0.6) is 0 Å². The number of nitrogens with one attached hydrogen (secondary N) is 1. The molecule has 0 fully saturated rings. The first-order chi connectivity index (χ1) is 11.2. The van der Waals surface area contributed by atoms with Crippen molar-refractivity contribution in [1.82, 2.24) is 20.2 Å². The first-order valence-corrected chi connectivity index (χ1v) is 7.51. The molecule has 116 valence electrons. The van der Waals surface area contributed by atoms with Crippen LogP contribution in [0.2, 0.25) is 0 Å². The second-order valence-corrected chi connectivity index (χ2v) is 5.50. The third kappa shape index (κ3) is 3.54. The zero-order valence-electron chi connectivity index (χ0n) is 11.9. The van der Waals surface area contributed by atoms with E-state index in [1.807, 2.05) is 24.3 Å². The molecule has 7 nitrogen and oxygen atoms in total. The number of benzene rings is 1. The highest BCUT2D eigenvalue weighted by molar-refractivity contribution is 9.10. The Kier molecular flexibility index (Phi) is 4.33. The van der Waals surface area contributed by atoms with Crippen LogP contribution in [0.15, 0.2) is 57.9 Å². The molecule has 0 saturated heterocycles. The number of tetrazole rings is 1. The van der Waals surface area contributed by atoms with Crippen LogP contribution in [-0.4, -0.2) is 26.1 Å². The second kappa shape index (κ2) is 6.57. The van der Waals surface area contributed by atoms with Gasteiger partial charge in [0.1, 0.15) is 5.76 Å². The van der Waals surface area contributed by atoms with Crippen molar-refractivity contribution in [2.24, 2.45) is 0 Å². The third-order valence-electron chi connectivity index (χ3n) is 2.93. The number of rotatable bonds is 5. The fourth-order valence-corrected chi connectivity index (χ4v) is 2.14. The van der Waals surface area contributed by atoms with Crippen LogP contribution in [-0.2, 0) is 6.54 Å². The summed E-state index contributed by atoms with van der Waals surface area (Å²) in [6.45, 7) is 3.99. The molecule has 0 aliphatic heterocycles. The summed E-state index contributed by atoms with van der Waals surface area (Å²) < 4.78 is 6.54. The van der Waals surface area contributed by atoms with Gasteiger partial charge in [0.15, 0.2) is 5.76 Å². The van der Waals surface area contributed by atoms with Crippen LogP contribution in [0.25, 0.3) is 11.3 Å². The molecule has 1 amide bonds. The number of anilines is 1. The van der Waals surface area contributed by atoms with E-state index in [0.717, 1.165) is 10.0 Å².